The van der Waals surface area contributed by atoms with Crippen molar-refractivity contribution in [3.8, 4) is 0 Å². The molecular formula is C15H17NO3. The van der Waals surface area contributed by atoms with Crippen LogP contribution in [0.3, 0.4) is 0 Å². The van der Waals surface area contributed by atoms with Crippen molar-refractivity contribution in [3.63, 3.8) is 0 Å². The molecular weight excluding hydrogens is 242 g/mol. The highest BCUT2D eigenvalue weighted by atomic mass is 16.4. The summed E-state index contributed by atoms with van der Waals surface area (Å²) >= 11 is 0. The van der Waals surface area contributed by atoms with E-state index < -0.39 is 5.97 Å². The molecule has 1 aromatic rings. The molecule has 1 saturated carbocycles. The van der Waals surface area contributed by atoms with Crippen LogP contribution >= 0.6 is 0 Å². The van der Waals surface area contributed by atoms with E-state index in [0.29, 0.717) is 11.5 Å². The number of carboxylic acids is 1. The van der Waals surface area contributed by atoms with Crippen molar-refractivity contribution in [1.29, 1.82) is 0 Å². The fourth-order valence-electron chi connectivity index (χ4n) is 1.78. The predicted octanol–water partition coefficient (Wildman–Crippen LogP) is 2.23. The first kappa shape index (κ1) is 13.3. The molecule has 2 N–H and O–H groups in total. The number of rotatable bonds is 5. The smallest absolute Gasteiger partial charge is 0.328 e. The van der Waals surface area contributed by atoms with Crippen LogP contribution in [0.25, 0.3) is 6.08 Å². The number of carbonyl (C=O) groups is 2. The van der Waals surface area contributed by atoms with E-state index >= 15 is 0 Å². The highest BCUT2D eigenvalue weighted by Gasteiger charge is 2.21. The number of amides is 1. The van der Waals surface area contributed by atoms with E-state index in [1.807, 2.05) is 13.0 Å². The Hall–Kier alpha value is -2.10. The molecule has 0 heterocycles. The van der Waals surface area contributed by atoms with Crippen LogP contribution in [0.1, 0.15) is 34.3 Å². The Morgan fingerprint density at radius 2 is 2.16 bits per heavy atom. The van der Waals surface area contributed by atoms with Crippen LogP contribution in [0.4, 0.5) is 0 Å². The SMILES string of the molecule is Cc1ccc(C(=O)NCC2CC2)cc1/C=C/C(=O)O. The van der Waals surface area contributed by atoms with E-state index in [1.54, 1.807) is 12.1 Å². The lowest BCUT2D eigenvalue weighted by molar-refractivity contribution is -0.131. The van der Waals surface area contributed by atoms with Gasteiger partial charge in [-0.05, 0) is 55.0 Å². The minimum Gasteiger partial charge on any atom is -0.478 e. The van der Waals surface area contributed by atoms with Crippen molar-refractivity contribution in [3.05, 3.63) is 41.0 Å². The number of hydrogen-bond acceptors (Lipinski definition) is 2. The summed E-state index contributed by atoms with van der Waals surface area (Å²) in [4.78, 5) is 22.4. The highest BCUT2D eigenvalue weighted by Crippen LogP contribution is 2.27. The molecule has 100 valence electrons. The molecule has 1 fully saturated rings. The third-order valence-electron chi connectivity index (χ3n) is 3.20. The second-order valence-electron chi connectivity index (χ2n) is 4.90. The topological polar surface area (TPSA) is 66.4 Å². The van der Waals surface area contributed by atoms with Gasteiger partial charge in [0, 0.05) is 18.2 Å². The molecule has 0 saturated heterocycles. The normalized spacial score (nSPS) is 14.6. The van der Waals surface area contributed by atoms with Crippen LogP contribution in [0, 0.1) is 12.8 Å². The Morgan fingerprint density at radius 1 is 1.42 bits per heavy atom. The largest absolute Gasteiger partial charge is 0.478 e. The van der Waals surface area contributed by atoms with Gasteiger partial charge in [0.2, 0.25) is 0 Å². The summed E-state index contributed by atoms with van der Waals surface area (Å²) < 4.78 is 0. The molecule has 0 atom stereocenters. The summed E-state index contributed by atoms with van der Waals surface area (Å²) in [6.45, 7) is 2.61. The van der Waals surface area contributed by atoms with Gasteiger partial charge in [-0.25, -0.2) is 4.79 Å². The summed E-state index contributed by atoms with van der Waals surface area (Å²) in [6.07, 6.45) is 4.98. The van der Waals surface area contributed by atoms with Gasteiger partial charge in [-0.15, -0.1) is 0 Å². The van der Waals surface area contributed by atoms with Gasteiger partial charge in [0.1, 0.15) is 0 Å². The second kappa shape index (κ2) is 5.69. The zero-order chi connectivity index (χ0) is 13.8. The molecule has 1 aliphatic rings. The first-order valence-corrected chi connectivity index (χ1v) is 6.36. The molecule has 0 unspecified atom stereocenters. The van der Waals surface area contributed by atoms with Gasteiger partial charge in [-0.2, -0.15) is 0 Å². The molecule has 0 spiro atoms. The van der Waals surface area contributed by atoms with Crippen LogP contribution in [0.5, 0.6) is 0 Å². The predicted molar refractivity (Wildman–Crippen MR) is 72.9 cm³/mol. The maximum absolute atomic E-state index is 11.9. The lowest BCUT2D eigenvalue weighted by Crippen LogP contribution is -2.25. The van der Waals surface area contributed by atoms with Crippen molar-refractivity contribution in [2.24, 2.45) is 5.92 Å². The summed E-state index contributed by atoms with van der Waals surface area (Å²) in [6, 6.07) is 5.31. The van der Waals surface area contributed by atoms with E-state index in [2.05, 4.69) is 5.32 Å². The van der Waals surface area contributed by atoms with Crippen molar-refractivity contribution < 1.29 is 14.7 Å². The number of carboxylic acid groups (broad SMARTS) is 1. The number of aryl methyl sites for hydroxylation is 1. The molecule has 4 nitrogen and oxygen atoms in total. The average molecular weight is 259 g/mol. The summed E-state index contributed by atoms with van der Waals surface area (Å²) in [5, 5.41) is 11.5. The minimum absolute atomic E-state index is 0.100. The maximum atomic E-state index is 11.9. The lowest BCUT2D eigenvalue weighted by atomic mass is 10.0. The number of aliphatic carboxylic acids is 1. The van der Waals surface area contributed by atoms with E-state index in [4.69, 9.17) is 5.11 Å². The number of nitrogens with one attached hydrogen (secondary N) is 1. The van der Waals surface area contributed by atoms with Gasteiger partial charge in [-0.1, -0.05) is 6.07 Å². The standard InChI is InChI=1S/C15H17NO3/c1-10-2-5-13(8-12(10)6-7-14(17)18)15(19)16-9-11-3-4-11/h2,5-8,11H,3-4,9H2,1H3,(H,16,19)(H,17,18)/b7-6+. The van der Waals surface area contributed by atoms with Gasteiger partial charge >= 0.3 is 5.97 Å². The number of benzene rings is 1. The zero-order valence-electron chi connectivity index (χ0n) is 10.8. The Balaban J connectivity index is 2.09. The quantitative estimate of drug-likeness (QED) is 0.797. The molecule has 0 bridgehead atoms. The fourth-order valence-corrected chi connectivity index (χ4v) is 1.78. The molecule has 0 aromatic heterocycles. The number of hydrogen-bond donors (Lipinski definition) is 2. The molecule has 0 aliphatic heterocycles. The van der Waals surface area contributed by atoms with Gasteiger partial charge in [0.15, 0.2) is 0 Å². The zero-order valence-corrected chi connectivity index (χ0v) is 10.8. The molecule has 4 heteroatoms. The summed E-state index contributed by atoms with van der Waals surface area (Å²) in [5.74, 6) is -0.458. The van der Waals surface area contributed by atoms with E-state index in [9.17, 15) is 9.59 Å². The highest BCUT2D eigenvalue weighted by molar-refractivity contribution is 5.95. The Kier molecular flexibility index (Phi) is 4.00. The van der Waals surface area contributed by atoms with Gasteiger partial charge in [0.25, 0.3) is 5.91 Å². The monoisotopic (exact) mass is 259 g/mol. The van der Waals surface area contributed by atoms with Crippen molar-refractivity contribution in [2.75, 3.05) is 6.54 Å². The minimum atomic E-state index is -0.997. The first-order valence-electron chi connectivity index (χ1n) is 6.36. The van der Waals surface area contributed by atoms with Crippen LogP contribution in [0.2, 0.25) is 0 Å². The molecule has 0 radical (unpaired) electrons. The van der Waals surface area contributed by atoms with Crippen molar-refractivity contribution in [2.45, 2.75) is 19.8 Å². The second-order valence-corrected chi connectivity index (χ2v) is 4.90. The van der Waals surface area contributed by atoms with E-state index in [0.717, 1.165) is 23.7 Å². The van der Waals surface area contributed by atoms with Gasteiger partial charge in [0.05, 0.1) is 0 Å². The van der Waals surface area contributed by atoms with Crippen LogP contribution in [0.15, 0.2) is 24.3 Å². The summed E-state index contributed by atoms with van der Waals surface area (Å²) in [7, 11) is 0. The maximum Gasteiger partial charge on any atom is 0.328 e. The summed E-state index contributed by atoms with van der Waals surface area (Å²) in [5.41, 5.74) is 2.26. The third kappa shape index (κ3) is 3.95. The van der Waals surface area contributed by atoms with Crippen molar-refractivity contribution >= 4 is 18.0 Å². The van der Waals surface area contributed by atoms with Crippen molar-refractivity contribution in [1.82, 2.24) is 5.32 Å². The average Bonchev–Trinajstić information content (AvgIpc) is 3.18. The Labute approximate surface area is 112 Å². The van der Waals surface area contributed by atoms with E-state index in [1.165, 1.54) is 18.9 Å². The molecule has 1 amide bonds. The van der Waals surface area contributed by atoms with Crippen LogP contribution in [-0.4, -0.2) is 23.5 Å². The fraction of sp³-hybridized carbons (Fsp3) is 0.333. The number of carbonyl (C=O) groups excluding carboxylic acids is 1. The van der Waals surface area contributed by atoms with E-state index in [-0.39, 0.29) is 5.91 Å². The molecule has 1 aliphatic carbocycles. The van der Waals surface area contributed by atoms with Crippen LogP contribution < -0.4 is 5.32 Å². The molecule has 19 heavy (non-hydrogen) atoms. The first-order chi connectivity index (χ1) is 9.06. The third-order valence-corrected chi connectivity index (χ3v) is 3.20. The molecule has 1 aromatic carbocycles. The van der Waals surface area contributed by atoms with Crippen LogP contribution in [-0.2, 0) is 4.79 Å². The lowest BCUT2D eigenvalue weighted by Gasteiger charge is -2.07. The molecule has 2 rings (SSSR count). The van der Waals surface area contributed by atoms with Gasteiger partial charge in [-0.3, -0.25) is 4.79 Å². The Bertz CT molecular complexity index is 530. The Morgan fingerprint density at radius 3 is 2.79 bits per heavy atom. The van der Waals surface area contributed by atoms with Gasteiger partial charge < -0.3 is 10.4 Å².